The Morgan fingerprint density at radius 2 is 2.06 bits per heavy atom. The van der Waals surface area contributed by atoms with Crippen LogP contribution in [0, 0.1) is 0 Å². The average Bonchev–Trinajstić information content (AvgIpc) is 2.88. The number of nitrogens with zero attached hydrogens (tertiary/aromatic N) is 2. The van der Waals surface area contributed by atoms with Crippen molar-refractivity contribution in [2.24, 2.45) is 0 Å². The smallest absolute Gasteiger partial charge is 0.230 e. The zero-order chi connectivity index (χ0) is 12.8. The van der Waals surface area contributed by atoms with Crippen LogP contribution in [0.15, 0.2) is 34.7 Å². The van der Waals surface area contributed by atoms with Crippen molar-refractivity contribution in [3.63, 3.8) is 0 Å². The van der Waals surface area contributed by atoms with Crippen LogP contribution >= 0.6 is 15.9 Å². The van der Waals surface area contributed by atoms with Gasteiger partial charge < -0.3 is 9.15 Å². The van der Waals surface area contributed by atoms with E-state index in [1.165, 1.54) is 0 Å². The van der Waals surface area contributed by atoms with Crippen molar-refractivity contribution in [1.29, 1.82) is 0 Å². The molecule has 0 aliphatic rings. The summed E-state index contributed by atoms with van der Waals surface area (Å²) in [5, 5.41) is 7.98. The number of ether oxygens (including phenoxy) is 1. The van der Waals surface area contributed by atoms with Crippen LogP contribution in [-0.4, -0.2) is 16.8 Å². The molecule has 0 aliphatic heterocycles. The van der Waals surface area contributed by atoms with Crippen molar-refractivity contribution >= 4 is 15.9 Å². The second-order valence-corrected chi connectivity index (χ2v) is 4.93. The number of benzene rings is 1. The lowest BCUT2D eigenvalue weighted by Gasteiger charge is -2.03. The standard InChI is InChI=1S/C13H15BrN2O2/c1-2-11(14)13-16-15-12(18-13)8-9-17-10-6-4-3-5-7-10/h3-7,11H,2,8-9H2,1H3. The predicted octanol–water partition coefficient (Wildman–Crippen LogP) is 3.54. The number of aromatic nitrogens is 2. The number of halogens is 1. The number of alkyl halides is 1. The highest BCUT2D eigenvalue weighted by Crippen LogP contribution is 2.24. The van der Waals surface area contributed by atoms with E-state index >= 15 is 0 Å². The molecule has 1 atom stereocenters. The monoisotopic (exact) mass is 310 g/mol. The molecule has 5 heteroatoms. The van der Waals surface area contributed by atoms with E-state index in [9.17, 15) is 0 Å². The van der Waals surface area contributed by atoms with Gasteiger partial charge >= 0.3 is 0 Å². The van der Waals surface area contributed by atoms with Gasteiger partial charge in [0.05, 0.1) is 17.9 Å². The predicted molar refractivity (Wildman–Crippen MR) is 71.9 cm³/mol. The lowest BCUT2D eigenvalue weighted by Crippen LogP contribution is -2.01. The van der Waals surface area contributed by atoms with Crippen molar-refractivity contribution in [3.05, 3.63) is 42.1 Å². The summed E-state index contributed by atoms with van der Waals surface area (Å²) >= 11 is 3.48. The van der Waals surface area contributed by atoms with Crippen molar-refractivity contribution in [3.8, 4) is 5.75 Å². The first-order valence-electron chi connectivity index (χ1n) is 5.93. The van der Waals surface area contributed by atoms with Gasteiger partial charge in [-0.15, -0.1) is 10.2 Å². The Hall–Kier alpha value is -1.36. The molecule has 0 fully saturated rings. The molecule has 0 saturated carbocycles. The van der Waals surface area contributed by atoms with Gasteiger partial charge in [0.15, 0.2) is 0 Å². The third kappa shape index (κ3) is 3.57. The summed E-state index contributed by atoms with van der Waals surface area (Å²) in [5.41, 5.74) is 0. The lowest BCUT2D eigenvalue weighted by molar-refractivity contribution is 0.303. The zero-order valence-corrected chi connectivity index (χ0v) is 11.8. The minimum absolute atomic E-state index is 0.133. The molecule has 1 unspecified atom stereocenters. The Bertz CT molecular complexity index is 473. The minimum atomic E-state index is 0.133. The van der Waals surface area contributed by atoms with Crippen molar-refractivity contribution in [1.82, 2.24) is 10.2 Å². The summed E-state index contributed by atoms with van der Waals surface area (Å²) in [5.74, 6) is 2.09. The van der Waals surface area contributed by atoms with Gasteiger partial charge in [-0.3, -0.25) is 0 Å². The summed E-state index contributed by atoms with van der Waals surface area (Å²) in [4.78, 5) is 0.133. The van der Waals surface area contributed by atoms with Gasteiger partial charge in [0.25, 0.3) is 0 Å². The SMILES string of the molecule is CCC(Br)c1nnc(CCOc2ccccc2)o1. The Morgan fingerprint density at radius 3 is 2.78 bits per heavy atom. The largest absolute Gasteiger partial charge is 0.493 e. The van der Waals surface area contributed by atoms with E-state index in [0.717, 1.165) is 12.2 Å². The highest BCUT2D eigenvalue weighted by molar-refractivity contribution is 9.09. The van der Waals surface area contributed by atoms with Crippen LogP contribution in [0.5, 0.6) is 5.75 Å². The van der Waals surface area contributed by atoms with E-state index in [4.69, 9.17) is 9.15 Å². The Labute approximate surface area is 114 Å². The van der Waals surface area contributed by atoms with Crippen LogP contribution in [0.4, 0.5) is 0 Å². The third-order valence-electron chi connectivity index (χ3n) is 2.44. The van der Waals surface area contributed by atoms with E-state index in [1.807, 2.05) is 30.3 Å². The topological polar surface area (TPSA) is 48.2 Å². The third-order valence-corrected chi connectivity index (χ3v) is 3.48. The first-order chi connectivity index (χ1) is 8.79. The molecule has 0 spiro atoms. The summed E-state index contributed by atoms with van der Waals surface area (Å²) in [6, 6.07) is 9.68. The number of rotatable bonds is 6. The first-order valence-corrected chi connectivity index (χ1v) is 6.85. The van der Waals surface area contributed by atoms with Gasteiger partial charge in [-0.1, -0.05) is 41.1 Å². The van der Waals surface area contributed by atoms with Crippen molar-refractivity contribution in [2.75, 3.05) is 6.61 Å². The zero-order valence-electron chi connectivity index (χ0n) is 10.2. The van der Waals surface area contributed by atoms with E-state index < -0.39 is 0 Å². The molecule has 1 heterocycles. The van der Waals surface area contributed by atoms with E-state index in [0.29, 0.717) is 24.8 Å². The van der Waals surface area contributed by atoms with E-state index in [1.54, 1.807) is 0 Å². The van der Waals surface area contributed by atoms with Crippen LogP contribution < -0.4 is 4.74 Å². The first kappa shape index (κ1) is 13.1. The molecule has 0 amide bonds. The molecule has 1 aromatic heterocycles. The molecule has 0 radical (unpaired) electrons. The summed E-state index contributed by atoms with van der Waals surface area (Å²) < 4.78 is 11.1. The quantitative estimate of drug-likeness (QED) is 0.766. The molecule has 1 aromatic carbocycles. The average molecular weight is 311 g/mol. The van der Waals surface area contributed by atoms with Gasteiger partial charge in [-0.2, -0.15) is 0 Å². The number of hydrogen-bond acceptors (Lipinski definition) is 4. The molecule has 2 aromatic rings. The Balaban J connectivity index is 1.82. The molecule has 2 rings (SSSR count). The lowest BCUT2D eigenvalue weighted by atomic mass is 10.3. The second-order valence-electron chi connectivity index (χ2n) is 3.82. The van der Waals surface area contributed by atoms with Crippen LogP contribution in [0.25, 0.3) is 0 Å². The molecule has 0 bridgehead atoms. The Kier molecular flexibility index (Phi) is 4.75. The van der Waals surface area contributed by atoms with Gasteiger partial charge in [-0.25, -0.2) is 0 Å². The maximum Gasteiger partial charge on any atom is 0.230 e. The Morgan fingerprint density at radius 1 is 1.28 bits per heavy atom. The van der Waals surface area contributed by atoms with Gasteiger partial charge in [0, 0.05) is 0 Å². The summed E-state index contributed by atoms with van der Waals surface area (Å²) in [6.07, 6.45) is 1.54. The molecular formula is C13H15BrN2O2. The normalized spacial score (nSPS) is 12.3. The van der Waals surface area contributed by atoms with Crippen molar-refractivity contribution < 1.29 is 9.15 Å². The minimum Gasteiger partial charge on any atom is -0.493 e. The van der Waals surface area contributed by atoms with Crippen LogP contribution in [0.2, 0.25) is 0 Å². The van der Waals surface area contributed by atoms with Crippen LogP contribution in [0.3, 0.4) is 0 Å². The molecule has 96 valence electrons. The van der Waals surface area contributed by atoms with Gasteiger partial charge in [-0.05, 0) is 18.6 Å². The fraction of sp³-hybridized carbons (Fsp3) is 0.385. The molecule has 0 saturated heterocycles. The highest BCUT2D eigenvalue weighted by Gasteiger charge is 2.13. The number of para-hydroxylation sites is 1. The summed E-state index contributed by atoms with van der Waals surface area (Å²) in [6.45, 7) is 2.59. The molecule has 4 nitrogen and oxygen atoms in total. The molecule has 18 heavy (non-hydrogen) atoms. The number of hydrogen-bond donors (Lipinski definition) is 0. The van der Waals surface area contributed by atoms with E-state index in [-0.39, 0.29) is 4.83 Å². The van der Waals surface area contributed by atoms with Crippen LogP contribution in [0.1, 0.15) is 30.0 Å². The van der Waals surface area contributed by atoms with Crippen LogP contribution in [-0.2, 0) is 6.42 Å². The summed E-state index contributed by atoms with van der Waals surface area (Å²) in [7, 11) is 0. The maximum absolute atomic E-state index is 5.57. The fourth-order valence-corrected chi connectivity index (χ4v) is 1.63. The fourth-order valence-electron chi connectivity index (χ4n) is 1.44. The highest BCUT2D eigenvalue weighted by atomic mass is 79.9. The second kappa shape index (κ2) is 6.54. The van der Waals surface area contributed by atoms with Crippen molar-refractivity contribution in [2.45, 2.75) is 24.6 Å². The molecular weight excluding hydrogens is 296 g/mol. The van der Waals surface area contributed by atoms with E-state index in [2.05, 4.69) is 33.1 Å². The van der Waals surface area contributed by atoms with Gasteiger partial charge in [0.2, 0.25) is 11.8 Å². The molecule has 0 N–H and O–H groups in total. The van der Waals surface area contributed by atoms with Gasteiger partial charge in [0.1, 0.15) is 5.75 Å². The molecule has 0 aliphatic carbocycles. The maximum atomic E-state index is 5.57.